The molecular formula is C20H22FN2O4P. The highest BCUT2D eigenvalue weighted by molar-refractivity contribution is 7.16. The van der Waals surface area contributed by atoms with Crippen LogP contribution in [-0.4, -0.2) is 33.6 Å². The zero-order chi connectivity index (χ0) is 20.3. The number of carbonyl (C=O) groups is 1. The van der Waals surface area contributed by atoms with Gasteiger partial charge in [-0.15, -0.1) is 0 Å². The lowest BCUT2D eigenvalue weighted by Crippen LogP contribution is -2.09. The van der Waals surface area contributed by atoms with Crippen LogP contribution in [0.1, 0.15) is 29.8 Å². The molecule has 0 amide bonds. The van der Waals surface area contributed by atoms with Crippen molar-refractivity contribution in [3.05, 3.63) is 53.7 Å². The highest BCUT2D eigenvalue weighted by Crippen LogP contribution is 2.28. The summed E-state index contributed by atoms with van der Waals surface area (Å²) < 4.78 is 26.0. The van der Waals surface area contributed by atoms with E-state index in [9.17, 15) is 9.18 Å². The van der Waals surface area contributed by atoms with Gasteiger partial charge in [0.1, 0.15) is 11.5 Å². The van der Waals surface area contributed by atoms with Gasteiger partial charge in [0.15, 0.2) is 0 Å². The van der Waals surface area contributed by atoms with E-state index in [-0.39, 0.29) is 5.56 Å². The molecule has 1 N–H and O–H groups in total. The first-order valence-electron chi connectivity index (χ1n) is 8.84. The van der Waals surface area contributed by atoms with E-state index in [4.69, 9.17) is 14.6 Å². The SMILES string of the molecule is CC(C)COc1ccc(OC(F)P)cc1Cn1ncc2cc(C(=O)O)ccc21. The number of rotatable bonds is 8. The van der Waals surface area contributed by atoms with Gasteiger partial charge in [-0.3, -0.25) is 4.68 Å². The first-order valence-corrected chi connectivity index (χ1v) is 9.51. The molecule has 6 nitrogen and oxygen atoms in total. The number of alkyl halides is 1. The van der Waals surface area contributed by atoms with E-state index >= 15 is 0 Å². The summed E-state index contributed by atoms with van der Waals surface area (Å²) in [5, 5.41) is 14.2. The molecule has 3 rings (SSSR count). The van der Waals surface area contributed by atoms with Gasteiger partial charge in [0.05, 0.1) is 30.4 Å². The third kappa shape index (κ3) is 4.78. The van der Waals surface area contributed by atoms with Crippen molar-refractivity contribution in [2.24, 2.45) is 5.92 Å². The molecule has 0 radical (unpaired) electrons. The Balaban J connectivity index is 1.94. The first kappa shape index (κ1) is 20.1. The Kier molecular flexibility index (Phi) is 6.15. The van der Waals surface area contributed by atoms with Crippen molar-refractivity contribution in [1.29, 1.82) is 0 Å². The second kappa shape index (κ2) is 8.57. The number of benzene rings is 2. The zero-order valence-electron chi connectivity index (χ0n) is 15.6. The van der Waals surface area contributed by atoms with Crippen molar-refractivity contribution in [3.8, 4) is 11.5 Å². The fourth-order valence-corrected chi connectivity index (χ4v) is 2.94. The van der Waals surface area contributed by atoms with E-state index in [2.05, 4.69) is 18.9 Å². The van der Waals surface area contributed by atoms with Crippen LogP contribution in [0.2, 0.25) is 0 Å². The van der Waals surface area contributed by atoms with Crippen LogP contribution in [0.5, 0.6) is 11.5 Å². The summed E-state index contributed by atoms with van der Waals surface area (Å²) in [7, 11) is 1.95. The zero-order valence-corrected chi connectivity index (χ0v) is 16.8. The molecule has 0 saturated carbocycles. The normalized spacial score (nSPS) is 12.3. The van der Waals surface area contributed by atoms with Gasteiger partial charge in [-0.2, -0.15) is 9.49 Å². The Morgan fingerprint density at radius 2 is 2.07 bits per heavy atom. The molecular weight excluding hydrogens is 382 g/mol. The lowest BCUT2D eigenvalue weighted by Gasteiger charge is -2.16. The van der Waals surface area contributed by atoms with Crippen LogP contribution < -0.4 is 9.47 Å². The predicted octanol–water partition coefficient (Wildman–Crippen LogP) is 4.32. The van der Waals surface area contributed by atoms with Gasteiger partial charge >= 0.3 is 5.97 Å². The Labute approximate surface area is 164 Å². The standard InChI is InChI=1S/C20H22FN2O4P/c1-12(2)11-26-18-6-4-16(27-20(21)28)8-15(18)10-23-17-5-3-13(19(24)25)7-14(17)9-22-23/h3-9,12,20H,10-11,28H2,1-2H3,(H,24,25). The summed E-state index contributed by atoms with van der Waals surface area (Å²) in [5.74, 6) is 0.429. The maximum atomic E-state index is 13.2. The quantitative estimate of drug-likeness (QED) is 0.566. The highest BCUT2D eigenvalue weighted by atomic mass is 31.0. The molecule has 0 fully saturated rings. The molecule has 1 heterocycles. The fourth-order valence-electron chi connectivity index (χ4n) is 2.79. The number of hydrogen-bond donors (Lipinski definition) is 1. The monoisotopic (exact) mass is 404 g/mol. The summed E-state index contributed by atoms with van der Waals surface area (Å²) in [6.07, 6.45) is 0.118. The van der Waals surface area contributed by atoms with E-state index < -0.39 is 12.1 Å². The van der Waals surface area contributed by atoms with Gasteiger partial charge in [0, 0.05) is 10.9 Å². The average molecular weight is 404 g/mol. The molecule has 0 bridgehead atoms. The van der Waals surface area contributed by atoms with Gasteiger partial charge < -0.3 is 14.6 Å². The minimum Gasteiger partial charge on any atom is -0.493 e. The lowest BCUT2D eigenvalue weighted by atomic mass is 10.1. The third-order valence-corrected chi connectivity index (χ3v) is 4.20. The topological polar surface area (TPSA) is 73.6 Å². The van der Waals surface area contributed by atoms with Crippen molar-refractivity contribution in [2.75, 3.05) is 6.61 Å². The molecule has 8 heteroatoms. The molecule has 2 atom stereocenters. The third-order valence-electron chi connectivity index (χ3n) is 4.06. The molecule has 2 aromatic carbocycles. The second-order valence-corrected chi connectivity index (χ2v) is 7.35. The minimum absolute atomic E-state index is 0.206. The number of carboxylic acids is 1. The maximum Gasteiger partial charge on any atom is 0.335 e. The van der Waals surface area contributed by atoms with Crippen LogP contribution in [0.3, 0.4) is 0 Å². The van der Waals surface area contributed by atoms with E-state index in [0.717, 1.165) is 16.5 Å². The first-order chi connectivity index (χ1) is 13.3. The number of carboxylic acid groups (broad SMARTS) is 1. The second-order valence-electron chi connectivity index (χ2n) is 6.82. The van der Waals surface area contributed by atoms with Gasteiger partial charge in [-0.05, 0) is 42.3 Å². The number of halogens is 1. The highest BCUT2D eigenvalue weighted by Gasteiger charge is 2.13. The maximum absolute atomic E-state index is 13.2. The molecule has 0 spiro atoms. The molecule has 28 heavy (non-hydrogen) atoms. The van der Waals surface area contributed by atoms with Gasteiger partial charge in [-0.1, -0.05) is 23.1 Å². The Hall–Kier alpha value is -2.66. The van der Waals surface area contributed by atoms with Crippen LogP contribution in [0.25, 0.3) is 10.9 Å². The van der Waals surface area contributed by atoms with Crippen LogP contribution in [0.15, 0.2) is 42.6 Å². The molecule has 0 saturated heterocycles. The van der Waals surface area contributed by atoms with Crippen molar-refractivity contribution < 1.29 is 23.8 Å². The molecule has 0 aliphatic rings. The summed E-state index contributed by atoms with van der Waals surface area (Å²) in [6, 6.07) is 10.00. The van der Waals surface area contributed by atoms with Gasteiger partial charge in [0.25, 0.3) is 0 Å². The smallest absolute Gasteiger partial charge is 0.335 e. The van der Waals surface area contributed by atoms with E-state index in [1.165, 1.54) is 0 Å². The van der Waals surface area contributed by atoms with Crippen LogP contribution in [0.4, 0.5) is 4.39 Å². The van der Waals surface area contributed by atoms with Gasteiger partial charge in [0.2, 0.25) is 6.10 Å². The average Bonchev–Trinajstić information content (AvgIpc) is 3.02. The number of nitrogens with zero attached hydrogens (tertiary/aromatic N) is 2. The molecule has 148 valence electrons. The molecule has 3 aromatic rings. The number of aromatic nitrogens is 2. The summed E-state index contributed by atoms with van der Waals surface area (Å²) in [5.41, 5.74) is 1.79. The van der Waals surface area contributed by atoms with Crippen LogP contribution in [0, 0.1) is 5.92 Å². The number of ether oxygens (including phenoxy) is 2. The van der Waals surface area contributed by atoms with Gasteiger partial charge in [-0.25, -0.2) is 4.79 Å². The van der Waals surface area contributed by atoms with E-state index in [0.29, 0.717) is 30.6 Å². The Bertz CT molecular complexity index is 987. The summed E-state index contributed by atoms with van der Waals surface area (Å²) in [6.45, 7) is 5.03. The molecule has 0 aliphatic carbocycles. The Morgan fingerprint density at radius 1 is 1.29 bits per heavy atom. The molecule has 0 aliphatic heterocycles. The van der Waals surface area contributed by atoms with Crippen molar-refractivity contribution in [3.63, 3.8) is 0 Å². The van der Waals surface area contributed by atoms with Crippen molar-refractivity contribution in [2.45, 2.75) is 26.5 Å². The fraction of sp³-hybridized carbons (Fsp3) is 0.300. The summed E-state index contributed by atoms with van der Waals surface area (Å²) in [4.78, 5) is 11.1. The largest absolute Gasteiger partial charge is 0.493 e. The predicted molar refractivity (Wildman–Crippen MR) is 108 cm³/mol. The molecule has 2 unspecified atom stereocenters. The number of aromatic carboxylic acids is 1. The van der Waals surface area contributed by atoms with Crippen molar-refractivity contribution >= 4 is 26.1 Å². The number of hydrogen-bond acceptors (Lipinski definition) is 4. The van der Waals surface area contributed by atoms with E-state index in [1.54, 1.807) is 47.3 Å². The van der Waals surface area contributed by atoms with Crippen LogP contribution in [-0.2, 0) is 6.54 Å². The molecule has 1 aromatic heterocycles. The minimum atomic E-state index is -1.50. The lowest BCUT2D eigenvalue weighted by molar-refractivity contribution is 0.0697. The number of fused-ring (bicyclic) bond motifs is 1. The van der Waals surface area contributed by atoms with E-state index in [1.807, 2.05) is 9.24 Å². The summed E-state index contributed by atoms with van der Waals surface area (Å²) >= 11 is 0. The Morgan fingerprint density at radius 3 is 2.75 bits per heavy atom. The van der Waals surface area contributed by atoms with Crippen molar-refractivity contribution in [1.82, 2.24) is 9.78 Å². The van der Waals surface area contributed by atoms with Crippen LogP contribution >= 0.6 is 9.24 Å².